The summed E-state index contributed by atoms with van der Waals surface area (Å²) in [5.41, 5.74) is -0.0910. The highest BCUT2D eigenvalue weighted by Gasteiger charge is 2.26. The van der Waals surface area contributed by atoms with Crippen LogP contribution in [-0.2, 0) is 4.57 Å². The van der Waals surface area contributed by atoms with Gasteiger partial charge in [-0.15, -0.1) is 0 Å². The number of aromatic nitrogens is 2. The Bertz CT molecular complexity index is 830. The molecule has 0 bridgehead atoms. The fourth-order valence-electron chi connectivity index (χ4n) is 1.94. The molecule has 0 unspecified atom stereocenters. The second kappa shape index (κ2) is 7.94. The first-order chi connectivity index (χ1) is 11.7. The van der Waals surface area contributed by atoms with E-state index >= 15 is 0 Å². The fourth-order valence-corrected chi connectivity index (χ4v) is 2.99. The monoisotopic (exact) mass is 384 g/mol. The zero-order valence-corrected chi connectivity index (χ0v) is 15.0. The summed E-state index contributed by atoms with van der Waals surface area (Å²) >= 11 is 0. The number of carbonyl (C=O) groups excluding carboxylic acids is 2. The zero-order valence-electron chi connectivity index (χ0n) is 14.1. The average molecular weight is 384 g/mol. The first-order valence-corrected chi connectivity index (χ1v) is 8.93. The molecule has 0 saturated heterocycles. The van der Waals surface area contributed by atoms with E-state index < -0.39 is 19.1 Å². The van der Waals surface area contributed by atoms with Gasteiger partial charge in [0.2, 0.25) is 0 Å². The molecule has 0 fully saturated rings. The average Bonchev–Trinajstić information content (AvgIpc) is 2.55. The van der Waals surface area contributed by atoms with Gasteiger partial charge in [-0.05, 0) is 13.8 Å². The molecule has 11 heteroatoms. The molecule has 0 radical (unpaired) electrons. The second-order valence-electron chi connectivity index (χ2n) is 5.13. The molecule has 0 aliphatic rings. The molecule has 0 atom stereocenters. The van der Waals surface area contributed by atoms with E-state index in [9.17, 15) is 24.4 Å². The van der Waals surface area contributed by atoms with Crippen LogP contribution < -0.4 is 9.05 Å². The number of rotatable bonds is 6. The van der Waals surface area contributed by atoms with E-state index in [4.69, 9.17) is 9.05 Å². The summed E-state index contributed by atoms with van der Waals surface area (Å²) in [6, 6.07) is 0. The van der Waals surface area contributed by atoms with Crippen LogP contribution in [0.15, 0.2) is 12.4 Å². The van der Waals surface area contributed by atoms with E-state index in [-0.39, 0.29) is 39.5 Å². The van der Waals surface area contributed by atoms with Gasteiger partial charge in [0.1, 0.15) is 11.1 Å². The molecular formula is C15H17N2O8P. The van der Waals surface area contributed by atoms with E-state index in [0.717, 1.165) is 19.1 Å². The molecule has 0 aliphatic carbocycles. The normalized spacial score (nSPS) is 10.6. The quantitative estimate of drug-likeness (QED) is 0.555. The predicted octanol–water partition coefficient (Wildman–Crippen LogP) is 1.59. The number of aldehydes is 2. The minimum Gasteiger partial charge on any atom is -0.505 e. The van der Waals surface area contributed by atoms with Gasteiger partial charge in [0, 0.05) is 0 Å². The largest absolute Gasteiger partial charge is 0.505 e. The third-order valence-corrected chi connectivity index (χ3v) is 4.30. The van der Waals surface area contributed by atoms with Gasteiger partial charge in [-0.25, -0.2) is 4.57 Å². The SMILES string of the molecule is Cc1ncc(OP(C)(=O)Oc2cnc(C)c(O)c2C=O)c(C=O)c1O.O. The van der Waals surface area contributed by atoms with Crippen molar-refractivity contribution in [2.75, 3.05) is 6.66 Å². The highest BCUT2D eigenvalue weighted by Crippen LogP contribution is 2.47. The second-order valence-corrected chi connectivity index (χ2v) is 7.04. The van der Waals surface area contributed by atoms with Crippen molar-refractivity contribution in [1.82, 2.24) is 9.97 Å². The van der Waals surface area contributed by atoms with Crippen LogP contribution in [0.1, 0.15) is 32.1 Å². The van der Waals surface area contributed by atoms with Gasteiger partial charge in [-0.2, -0.15) is 0 Å². The summed E-state index contributed by atoms with van der Waals surface area (Å²) in [5.74, 6) is -1.31. The lowest BCUT2D eigenvalue weighted by molar-refractivity contribution is 0.111. The smallest absolute Gasteiger partial charge is 0.427 e. The van der Waals surface area contributed by atoms with E-state index in [1.165, 1.54) is 13.8 Å². The van der Waals surface area contributed by atoms with Crippen molar-refractivity contribution >= 4 is 20.2 Å². The molecule has 2 aromatic rings. The Morgan fingerprint density at radius 3 is 1.58 bits per heavy atom. The maximum Gasteiger partial charge on any atom is 0.427 e. The standard InChI is InChI=1S/C15H15N2O7P.H2O/c1-8-14(20)10(6-18)12(4-16-8)23-25(3,22)24-13-5-17-9(2)15(21)11(13)7-19;/h4-7,20-21H,1-3H3;1H2. The molecule has 2 aromatic heterocycles. The van der Waals surface area contributed by atoms with Crippen LogP contribution in [-0.4, -0.2) is 44.9 Å². The lowest BCUT2D eigenvalue weighted by Crippen LogP contribution is -2.04. The first kappa shape index (κ1) is 21.1. The number of nitrogens with zero attached hydrogens (tertiary/aromatic N) is 2. The molecule has 10 nitrogen and oxygen atoms in total. The van der Waals surface area contributed by atoms with Crippen molar-refractivity contribution in [1.29, 1.82) is 0 Å². The maximum atomic E-state index is 12.6. The Balaban J connectivity index is 0.00000338. The van der Waals surface area contributed by atoms with Crippen LogP contribution in [0.5, 0.6) is 23.0 Å². The molecule has 4 N–H and O–H groups in total. The van der Waals surface area contributed by atoms with Crippen molar-refractivity contribution in [2.24, 2.45) is 0 Å². The predicted molar refractivity (Wildman–Crippen MR) is 90.5 cm³/mol. The van der Waals surface area contributed by atoms with Crippen molar-refractivity contribution < 1.29 is 38.9 Å². The summed E-state index contributed by atoms with van der Waals surface area (Å²) in [6.07, 6.45) is 2.89. The lowest BCUT2D eigenvalue weighted by atomic mass is 10.2. The number of carbonyl (C=O) groups is 2. The van der Waals surface area contributed by atoms with Gasteiger partial charge in [-0.1, -0.05) is 0 Å². The Hall–Kier alpha value is -2.97. The van der Waals surface area contributed by atoms with Crippen LogP contribution >= 0.6 is 7.60 Å². The van der Waals surface area contributed by atoms with E-state index in [0.29, 0.717) is 12.6 Å². The van der Waals surface area contributed by atoms with Gasteiger partial charge >= 0.3 is 7.60 Å². The van der Waals surface area contributed by atoms with Crippen LogP contribution in [0.25, 0.3) is 0 Å². The molecule has 0 spiro atoms. The van der Waals surface area contributed by atoms with Gasteiger partial charge in [-0.3, -0.25) is 19.6 Å². The highest BCUT2D eigenvalue weighted by molar-refractivity contribution is 7.53. The topological polar surface area (TPSA) is 167 Å². The van der Waals surface area contributed by atoms with Crippen LogP contribution in [0.3, 0.4) is 0 Å². The van der Waals surface area contributed by atoms with E-state index in [2.05, 4.69) is 9.97 Å². The van der Waals surface area contributed by atoms with Crippen molar-refractivity contribution in [3.63, 3.8) is 0 Å². The van der Waals surface area contributed by atoms with Crippen LogP contribution in [0.2, 0.25) is 0 Å². The Labute approximate surface area is 148 Å². The lowest BCUT2D eigenvalue weighted by Gasteiger charge is -2.18. The number of aryl methyl sites for hydroxylation is 2. The minimum atomic E-state index is -3.91. The minimum absolute atomic E-state index is 0. The summed E-state index contributed by atoms with van der Waals surface area (Å²) < 4.78 is 23.0. The molecule has 0 aromatic carbocycles. The molecule has 0 saturated carbocycles. The number of hydrogen-bond donors (Lipinski definition) is 2. The van der Waals surface area contributed by atoms with Crippen molar-refractivity contribution in [3.8, 4) is 23.0 Å². The maximum absolute atomic E-state index is 12.6. The Morgan fingerprint density at radius 1 is 0.923 bits per heavy atom. The van der Waals surface area contributed by atoms with Gasteiger partial charge in [0.15, 0.2) is 35.6 Å². The summed E-state index contributed by atoms with van der Waals surface area (Å²) in [6.45, 7) is 4.04. The molecule has 2 rings (SSSR count). The zero-order chi connectivity index (χ0) is 18.8. The molecular weight excluding hydrogens is 367 g/mol. The summed E-state index contributed by atoms with van der Waals surface area (Å²) in [4.78, 5) is 29.9. The third kappa shape index (κ3) is 4.16. The molecule has 140 valence electrons. The highest BCUT2D eigenvalue weighted by atomic mass is 31.2. The van der Waals surface area contributed by atoms with Crippen LogP contribution in [0.4, 0.5) is 0 Å². The fraction of sp³-hybridized carbons (Fsp3) is 0.200. The van der Waals surface area contributed by atoms with Gasteiger partial charge < -0.3 is 24.7 Å². The molecule has 0 aliphatic heterocycles. The van der Waals surface area contributed by atoms with Crippen molar-refractivity contribution in [3.05, 3.63) is 34.9 Å². The summed E-state index contributed by atoms with van der Waals surface area (Å²) in [7, 11) is -3.91. The Morgan fingerprint density at radius 2 is 1.27 bits per heavy atom. The van der Waals surface area contributed by atoms with E-state index in [1.807, 2.05) is 0 Å². The molecule has 2 heterocycles. The van der Waals surface area contributed by atoms with E-state index in [1.54, 1.807) is 0 Å². The van der Waals surface area contributed by atoms with Crippen LogP contribution in [0, 0.1) is 13.8 Å². The first-order valence-electron chi connectivity index (χ1n) is 6.94. The molecule has 26 heavy (non-hydrogen) atoms. The third-order valence-electron chi connectivity index (χ3n) is 3.24. The summed E-state index contributed by atoms with van der Waals surface area (Å²) in [5, 5.41) is 19.6. The number of aromatic hydroxyl groups is 2. The number of pyridine rings is 2. The number of hydrogen-bond acceptors (Lipinski definition) is 9. The molecule has 0 amide bonds. The van der Waals surface area contributed by atoms with Gasteiger partial charge in [0.05, 0.1) is 30.4 Å². The van der Waals surface area contributed by atoms with Gasteiger partial charge in [0.25, 0.3) is 0 Å². The van der Waals surface area contributed by atoms with Crippen molar-refractivity contribution in [2.45, 2.75) is 13.8 Å². The Kier molecular flexibility index (Phi) is 6.44.